The summed E-state index contributed by atoms with van der Waals surface area (Å²) in [5.41, 5.74) is 4.99. The van der Waals surface area contributed by atoms with Crippen LogP contribution in [0.25, 0.3) is 0 Å². The number of amides is 2. The zero-order valence-corrected chi connectivity index (χ0v) is 10.7. The normalized spacial score (nSPS) is 9.50. The molecule has 0 spiro atoms. The van der Waals surface area contributed by atoms with E-state index >= 15 is 0 Å². The van der Waals surface area contributed by atoms with Crippen LogP contribution in [0.15, 0.2) is 18.2 Å². The summed E-state index contributed by atoms with van der Waals surface area (Å²) in [4.78, 5) is 21.9. The maximum absolute atomic E-state index is 11.3. The van der Waals surface area contributed by atoms with E-state index in [-0.39, 0.29) is 6.61 Å². The smallest absolute Gasteiger partial charge is 0.425 e. The molecule has 1 aromatic carbocycles. The van der Waals surface area contributed by atoms with Gasteiger partial charge in [-0.05, 0) is 30.7 Å². The van der Waals surface area contributed by atoms with Crippen molar-refractivity contribution in [1.82, 2.24) is 10.9 Å². The highest BCUT2D eigenvalue weighted by molar-refractivity contribution is 6.31. The van der Waals surface area contributed by atoms with Gasteiger partial charge in [-0.1, -0.05) is 11.6 Å². The Hall–Kier alpha value is -1.95. The van der Waals surface area contributed by atoms with Gasteiger partial charge in [0.2, 0.25) is 0 Å². The summed E-state index contributed by atoms with van der Waals surface area (Å²) in [5.74, 6) is 0.0121. The van der Waals surface area contributed by atoms with Crippen molar-refractivity contribution in [1.29, 1.82) is 0 Å². The van der Waals surface area contributed by atoms with Gasteiger partial charge >= 0.3 is 6.09 Å². The summed E-state index contributed by atoms with van der Waals surface area (Å²) >= 11 is 5.85. The van der Waals surface area contributed by atoms with Gasteiger partial charge in [0.15, 0.2) is 6.61 Å². The van der Waals surface area contributed by atoms with Crippen LogP contribution in [0, 0.1) is 6.92 Å². The van der Waals surface area contributed by atoms with E-state index in [1.807, 2.05) is 12.3 Å². The van der Waals surface area contributed by atoms with Crippen LogP contribution in [-0.4, -0.2) is 25.7 Å². The molecule has 18 heavy (non-hydrogen) atoms. The number of hydrogen-bond donors (Lipinski definition) is 2. The first-order chi connectivity index (χ1) is 8.52. The van der Waals surface area contributed by atoms with Gasteiger partial charge in [0, 0.05) is 5.02 Å². The first-order valence-electron chi connectivity index (χ1n) is 5.04. The van der Waals surface area contributed by atoms with Crippen LogP contribution >= 0.6 is 11.6 Å². The van der Waals surface area contributed by atoms with Gasteiger partial charge < -0.3 is 9.47 Å². The highest BCUT2D eigenvalue weighted by atomic mass is 35.5. The molecule has 0 aliphatic rings. The second-order valence-electron chi connectivity index (χ2n) is 3.36. The lowest BCUT2D eigenvalue weighted by atomic mass is 10.2. The van der Waals surface area contributed by atoms with Crippen molar-refractivity contribution in [3.63, 3.8) is 0 Å². The maximum atomic E-state index is 11.3. The highest BCUT2D eigenvalue weighted by Crippen LogP contribution is 2.20. The van der Waals surface area contributed by atoms with E-state index < -0.39 is 12.0 Å². The molecule has 0 bridgehead atoms. The summed E-state index contributed by atoms with van der Waals surface area (Å²) in [6.45, 7) is 1.60. The van der Waals surface area contributed by atoms with E-state index in [2.05, 4.69) is 10.2 Å². The van der Waals surface area contributed by atoms with Gasteiger partial charge in [-0.3, -0.25) is 10.2 Å². The fraction of sp³-hybridized carbons (Fsp3) is 0.273. The third-order valence-corrected chi connectivity index (χ3v) is 2.41. The second-order valence-corrected chi connectivity index (χ2v) is 3.77. The third-order valence-electron chi connectivity index (χ3n) is 1.99. The fourth-order valence-electron chi connectivity index (χ4n) is 1.06. The molecule has 98 valence electrons. The minimum absolute atomic E-state index is 0.231. The molecule has 1 rings (SSSR count). The van der Waals surface area contributed by atoms with E-state index in [4.69, 9.17) is 16.3 Å². The quantitative estimate of drug-likeness (QED) is 0.816. The van der Waals surface area contributed by atoms with Crippen molar-refractivity contribution >= 4 is 23.6 Å². The number of carbonyl (C=O) groups excluding carboxylic acids is 2. The first kappa shape index (κ1) is 14.1. The zero-order valence-electron chi connectivity index (χ0n) is 9.95. The van der Waals surface area contributed by atoms with Crippen LogP contribution in [0.3, 0.4) is 0 Å². The van der Waals surface area contributed by atoms with E-state index in [0.717, 1.165) is 5.56 Å². The number of nitrogens with one attached hydrogen (secondary N) is 2. The van der Waals surface area contributed by atoms with Gasteiger partial charge in [0.1, 0.15) is 5.75 Å². The van der Waals surface area contributed by atoms with Gasteiger partial charge in [0.25, 0.3) is 5.91 Å². The Morgan fingerprint density at radius 3 is 2.67 bits per heavy atom. The van der Waals surface area contributed by atoms with Gasteiger partial charge in [-0.2, -0.15) is 0 Å². The zero-order chi connectivity index (χ0) is 13.5. The number of rotatable bonds is 3. The number of hydrazine groups is 1. The Balaban J connectivity index is 2.38. The third kappa shape index (κ3) is 4.50. The summed E-state index contributed by atoms with van der Waals surface area (Å²) in [6, 6.07) is 5.04. The number of aryl methyl sites for hydroxylation is 1. The molecular formula is C11H13ClN2O4. The number of halogens is 1. The lowest BCUT2D eigenvalue weighted by molar-refractivity contribution is -0.123. The van der Waals surface area contributed by atoms with Crippen LogP contribution in [0.5, 0.6) is 5.75 Å². The van der Waals surface area contributed by atoms with Crippen molar-refractivity contribution in [2.24, 2.45) is 0 Å². The average Bonchev–Trinajstić information content (AvgIpc) is 2.37. The molecule has 0 aromatic heterocycles. The topological polar surface area (TPSA) is 76.7 Å². The molecule has 2 amide bonds. The average molecular weight is 273 g/mol. The van der Waals surface area contributed by atoms with Gasteiger partial charge in [0.05, 0.1) is 7.11 Å². The molecule has 0 saturated heterocycles. The Morgan fingerprint density at radius 2 is 2.06 bits per heavy atom. The van der Waals surface area contributed by atoms with Crippen LogP contribution in [0.1, 0.15) is 5.56 Å². The minimum atomic E-state index is -0.759. The second kappa shape index (κ2) is 6.70. The maximum Gasteiger partial charge on any atom is 0.425 e. The molecular weight excluding hydrogens is 260 g/mol. The highest BCUT2D eigenvalue weighted by Gasteiger charge is 2.05. The van der Waals surface area contributed by atoms with Crippen molar-refractivity contribution in [3.05, 3.63) is 28.8 Å². The minimum Gasteiger partial charge on any atom is -0.484 e. The molecule has 1 aromatic rings. The van der Waals surface area contributed by atoms with Crippen molar-refractivity contribution in [3.8, 4) is 5.75 Å². The Labute approximate surface area is 109 Å². The van der Waals surface area contributed by atoms with Gasteiger partial charge in [-0.25, -0.2) is 10.2 Å². The lowest BCUT2D eigenvalue weighted by Crippen LogP contribution is -2.43. The van der Waals surface area contributed by atoms with E-state index in [0.29, 0.717) is 10.8 Å². The molecule has 7 heteroatoms. The van der Waals surface area contributed by atoms with Crippen molar-refractivity contribution in [2.45, 2.75) is 6.92 Å². The summed E-state index contributed by atoms with van der Waals surface area (Å²) in [6.07, 6.45) is -0.759. The molecule has 2 N–H and O–H groups in total. The van der Waals surface area contributed by atoms with Crippen LogP contribution < -0.4 is 15.6 Å². The summed E-state index contributed by atoms with van der Waals surface area (Å²) in [5, 5.41) is 0.624. The summed E-state index contributed by atoms with van der Waals surface area (Å²) < 4.78 is 9.48. The Kier molecular flexibility index (Phi) is 5.26. The molecule has 0 unspecified atom stereocenters. The summed E-state index contributed by atoms with van der Waals surface area (Å²) in [7, 11) is 1.19. The number of carbonyl (C=O) groups is 2. The van der Waals surface area contributed by atoms with E-state index in [1.54, 1.807) is 18.2 Å². The van der Waals surface area contributed by atoms with Crippen LogP contribution in [0.4, 0.5) is 4.79 Å². The van der Waals surface area contributed by atoms with E-state index in [1.165, 1.54) is 7.11 Å². The molecule has 0 heterocycles. The standard InChI is InChI=1S/C11H13ClN2O4/c1-7-5-8(3-4-9(7)12)18-6-10(15)13-14-11(16)17-2/h3-5H,6H2,1-2H3,(H,13,15)(H,14,16). The molecule has 6 nitrogen and oxygen atoms in total. The molecule has 0 saturated carbocycles. The monoisotopic (exact) mass is 272 g/mol. The number of methoxy groups -OCH3 is 1. The molecule has 0 aliphatic heterocycles. The van der Waals surface area contributed by atoms with Crippen LogP contribution in [0.2, 0.25) is 5.02 Å². The Bertz CT molecular complexity index is 451. The van der Waals surface area contributed by atoms with Crippen molar-refractivity contribution < 1.29 is 19.1 Å². The largest absolute Gasteiger partial charge is 0.484 e. The first-order valence-corrected chi connectivity index (χ1v) is 5.42. The number of benzene rings is 1. The lowest BCUT2D eigenvalue weighted by Gasteiger charge is -2.08. The molecule has 0 radical (unpaired) electrons. The predicted octanol–water partition coefficient (Wildman–Crippen LogP) is 1.41. The molecule has 0 atom stereocenters. The number of ether oxygens (including phenoxy) is 2. The molecule has 0 fully saturated rings. The van der Waals surface area contributed by atoms with E-state index in [9.17, 15) is 9.59 Å². The number of hydrogen-bond acceptors (Lipinski definition) is 4. The van der Waals surface area contributed by atoms with Gasteiger partial charge in [-0.15, -0.1) is 0 Å². The predicted molar refractivity (Wildman–Crippen MR) is 65.4 cm³/mol. The molecule has 0 aliphatic carbocycles. The Morgan fingerprint density at radius 1 is 1.33 bits per heavy atom. The van der Waals surface area contributed by atoms with Crippen LogP contribution in [-0.2, 0) is 9.53 Å². The fourth-order valence-corrected chi connectivity index (χ4v) is 1.18. The van der Waals surface area contributed by atoms with Crippen molar-refractivity contribution in [2.75, 3.05) is 13.7 Å². The SMILES string of the molecule is COC(=O)NNC(=O)COc1ccc(Cl)c(C)c1.